The Morgan fingerprint density at radius 2 is 1.95 bits per heavy atom. The van der Waals surface area contributed by atoms with Gasteiger partial charge in [0.2, 0.25) is 0 Å². The Kier molecular flexibility index (Phi) is 3.60. The molecule has 0 aliphatic heterocycles. The number of aryl methyl sites for hydroxylation is 1. The van der Waals surface area contributed by atoms with Gasteiger partial charge in [0.05, 0.1) is 5.56 Å². The molecule has 0 bridgehead atoms. The Bertz CT molecular complexity index is 684. The van der Waals surface area contributed by atoms with Gasteiger partial charge in [0.1, 0.15) is 5.82 Å². The number of hydrogen-bond donors (Lipinski definition) is 2. The second kappa shape index (κ2) is 5.56. The number of fused-ring (bicyclic) bond motifs is 1. The standard InChI is InChI=1S/C17H16FNO2/c18-16-10-14(7-8-15(16)17(20)21)19-13-6-5-11-3-1-2-4-12(11)9-13/h1-4,7-8,10,13,19H,5-6,9H2,(H,20,21). The lowest BCUT2D eigenvalue weighted by molar-refractivity contribution is 0.0692. The summed E-state index contributed by atoms with van der Waals surface area (Å²) in [6, 6.07) is 12.8. The second-order valence-electron chi connectivity index (χ2n) is 5.35. The molecular weight excluding hydrogens is 269 g/mol. The minimum atomic E-state index is -1.24. The molecular formula is C17H16FNO2. The molecule has 0 fully saturated rings. The van der Waals surface area contributed by atoms with Gasteiger partial charge < -0.3 is 10.4 Å². The summed E-state index contributed by atoms with van der Waals surface area (Å²) in [7, 11) is 0. The minimum absolute atomic E-state index is 0.245. The smallest absolute Gasteiger partial charge is 0.338 e. The molecule has 0 amide bonds. The van der Waals surface area contributed by atoms with Crippen LogP contribution in [-0.2, 0) is 12.8 Å². The molecule has 4 heteroatoms. The molecule has 2 N–H and O–H groups in total. The van der Waals surface area contributed by atoms with E-state index in [1.165, 1.54) is 23.3 Å². The number of carboxylic acid groups (broad SMARTS) is 1. The van der Waals surface area contributed by atoms with Crippen LogP contribution in [0.2, 0.25) is 0 Å². The summed E-state index contributed by atoms with van der Waals surface area (Å²) in [5, 5.41) is 12.1. The molecule has 3 nitrogen and oxygen atoms in total. The Hall–Kier alpha value is -2.36. The summed E-state index contributed by atoms with van der Waals surface area (Å²) in [6.07, 6.45) is 2.89. The third kappa shape index (κ3) is 2.89. The van der Waals surface area contributed by atoms with Crippen LogP contribution in [0.25, 0.3) is 0 Å². The predicted molar refractivity (Wildman–Crippen MR) is 79.2 cm³/mol. The Morgan fingerprint density at radius 1 is 1.19 bits per heavy atom. The van der Waals surface area contributed by atoms with Crippen molar-refractivity contribution in [1.29, 1.82) is 0 Å². The van der Waals surface area contributed by atoms with Crippen molar-refractivity contribution in [1.82, 2.24) is 0 Å². The van der Waals surface area contributed by atoms with Crippen LogP contribution in [-0.4, -0.2) is 17.1 Å². The van der Waals surface area contributed by atoms with Crippen molar-refractivity contribution in [3.8, 4) is 0 Å². The van der Waals surface area contributed by atoms with Crippen LogP contribution in [0.1, 0.15) is 27.9 Å². The zero-order valence-corrected chi connectivity index (χ0v) is 11.5. The number of hydrogen-bond acceptors (Lipinski definition) is 2. The molecule has 2 aromatic rings. The highest BCUT2D eigenvalue weighted by Gasteiger charge is 2.18. The quantitative estimate of drug-likeness (QED) is 0.907. The molecule has 2 aromatic carbocycles. The summed E-state index contributed by atoms with van der Waals surface area (Å²) >= 11 is 0. The highest BCUT2D eigenvalue weighted by Crippen LogP contribution is 2.24. The van der Waals surface area contributed by atoms with Crippen LogP contribution in [0.15, 0.2) is 42.5 Å². The van der Waals surface area contributed by atoms with E-state index in [9.17, 15) is 9.18 Å². The van der Waals surface area contributed by atoms with Crippen molar-refractivity contribution in [3.05, 3.63) is 65.0 Å². The number of benzene rings is 2. The van der Waals surface area contributed by atoms with Crippen molar-refractivity contribution in [2.24, 2.45) is 0 Å². The first-order valence-corrected chi connectivity index (χ1v) is 6.99. The van der Waals surface area contributed by atoms with Gasteiger partial charge in [-0.3, -0.25) is 0 Å². The molecule has 0 spiro atoms. The first-order chi connectivity index (χ1) is 10.1. The molecule has 0 radical (unpaired) electrons. The monoisotopic (exact) mass is 285 g/mol. The SMILES string of the molecule is O=C(O)c1ccc(NC2CCc3ccccc3C2)cc1F. The van der Waals surface area contributed by atoms with E-state index < -0.39 is 11.8 Å². The van der Waals surface area contributed by atoms with Crippen LogP contribution in [0.3, 0.4) is 0 Å². The van der Waals surface area contributed by atoms with E-state index in [4.69, 9.17) is 5.11 Å². The van der Waals surface area contributed by atoms with Gasteiger partial charge in [0, 0.05) is 11.7 Å². The maximum atomic E-state index is 13.7. The zero-order chi connectivity index (χ0) is 14.8. The van der Waals surface area contributed by atoms with Crippen molar-refractivity contribution < 1.29 is 14.3 Å². The molecule has 0 saturated heterocycles. The van der Waals surface area contributed by atoms with E-state index in [0.29, 0.717) is 5.69 Å². The second-order valence-corrected chi connectivity index (χ2v) is 5.35. The Balaban J connectivity index is 1.73. The first-order valence-electron chi connectivity index (χ1n) is 6.99. The fourth-order valence-electron chi connectivity index (χ4n) is 2.84. The molecule has 1 unspecified atom stereocenters. The summed E-state index contributed by atoms with van der Waals surface area (Å²) < 4.78 is 13.7. The average Bonchev–Trinajstić information content (AvgIpc) is 2.47. The van der Waals surface area contributed by atoms with E-state index in [1.807, 2.05) is 12.1 Å². The summed E-state index contributed by atoms with van der Waals surface area (Å²) in [4.78, 5) is 10.8. The number of carbonyl (C=O) groups is 1. The third-order valence-corrected chi connectivity index (χ3v) is 3.92. The van der Waals surface area contributed by atoms with Gasteiger partial charge in [0.25, 0.3) is 0 Å². The number of nitrogens with one attached hydrogen (secondary N) is 1. The van der Waals surface area contributed by atoms with Gasteiger partial charge in [-0.2, -0.15) is 0 Å². The summed E-state index contributed by atoms with van der Waals surface area (Å²) in [6.45, 7) is 0. The molecule has 0 aromatic heterocycles. The van der Waals surface area contributed by atoms with Crippen molar-refractivity contribution in [3.63, 3.8) is 0 Å². The van der Waals surface area contributed by atoms with Crippen molar-refractivity contribution in [2.45, 2.75) is 25.3 Å². The maximum Gasteiger partial charge on any atom is 0.338 e. The highest BCUT2D eigenvalue weighted by molar-refractivity contribution is 5.88. The van der Waals surface area contributed by atoms with Crippen LogP contribution in [0, 0.1) is 5.82 Å². The van der Waals surface area contributed by atoms with Crippen LogP contribution >= 0.6 is 0 Å². The fourth-order valence-corrected chi connectivity index (χ4v) is 2.84. The van der Waals surface area contributed by atoms with Crippen LogP contribution < -0.4 is 5.32 Å². The molecule has 0 heterocycles. The van der Waals surface area contributed by atoms with Gasteiger partial charge in [-0.15, -0.1) is 0 Å². The number of rotatable bonds is 3. The summed E-state index contributed by atoms with van der Waals surface area (Å²) in [5.74, 6) is -1.95. The largest absolute Gasteiger partial charge is 0.478 e. The van der Waals surface area contributed by atoms with Crippen LogP contribution in [0.5, 0.6) is 0 Å². The number of halogens is 1. The van der Waals surface area contributed by atoms with Crippen molar-refractivity contribution in [2.75, 3.05) is 5.32 Å². The lowest BCUT2D eigenvalue weighted by Crippen LogP contribution is -2.27. The van der Waals surface area contributed by atoms with Gasteiger partial charge in [0.15, 0.2) is 0 Å². The lowest BCUT2D eigenvalue weighted by atomic mass is 9.88. The molecule has 1 atom stereocenters. The third-order valence-electron chi connectivity index (χ3n) is 3.92. The Labute approximate surface area is 122 Å². The van der Waals surface area contributed by atoms with Crippen molar-refractivity contribution >= 4 is 11.7 Å². The zero-order valence-electron chi connectivity index (χ0n) is 11.5. The highest BCUT2D eigenvalue weighted by atomic mass is 19.1. The van der Waals surface area contributed by atoms with E-state index in [-0.39, 0.29) is 11.6 Å². The van der Waals surface area contributed by atoms with Gasteiger partial charge in [-0.25, -0.2) is 9.18 Å². The van der Waals surface area contributed by atoms with E-state index in [0.717, 1.165) is 19.3 Å². The summed E-state index contributed by atoms with van der Waals surface area (Å²) in [5.41, 5.74) is 3.03. The normalized spacial score (nSPS) is 17.1. The van der Waals surface area contributed by atoms with E-state index >= 15 is 0 Å². The van der Waals surface area contributed by atoms with Gasteiger partial charge in [-0.05, 0) is 48.6 Å². The number of carboxylic acids is 1. The number of aromatic carboxylic acids is 1. The Morgan fingerprint density at radius 3 is 2.67 bits per heavy atom. The van der Waals surface area contributed by atoms with Gasteiger partial charge in [-0.1, -0.05) is 24.3 Å². The number of anilines is 1. The molecule has 108 valence electrons. The van der Waals surface area contributed by atoms with Crippen LogP contribution in [0.4, 0.5) is 10.1 Å². The lowest BCUT2D eigenvalue weighted by Gasteiger charge is -2.26. The molecule has 3 rings (SSSR count). The van der Waals surface area contributed by atoms with Gasteiger partial charge >= 0.3 is 5.97 Å². The molecule has 1 aliphatic carbocycles. The maximum absolute atomic E-state index is 13.7. The van der Waals surface area contributed by atoms with E-state index in [1.54, 1.807) is 6.07 Å². The first kappa shape index (κ1) is 13.6. The molecule has 0 saturated carbocycles. The van der Waals surface area contributed by atoms with E-state index in [2.05, 4.69) is 17.4 Å². The predicted octanol–water partition coefficient (Wildman–Crippen LogP) is 3.49. The topological polar surface area (TPSA) is 49.3 Å². The fraction of sp³-hybridized carbons (Fsp3) is 0.235. The molecule has 1 aliphatic rings. The molecule has 21 heavy (non-hydrogen) atoms. The minimum Gasteiger partial charge on any atom is -0.478 e. The average molecular weight is 285 g/mol.